The second kappa shape index (κ2) is 5.83. The Balaban J connectivity index is 2.27. The summed E-state index contributed by atoms with van der Waals surface area (Å²) in [5.41, 5.74) is 1.29. The highest BCUT2D eigenvalue weighted by atomic mass is 15.0. The van der Waals surface area contributed by atoms with E-state index in [-0.39, 0.29) is 5.54 Å². The number of aromatic nitrogens is 1. The first kappa shape index (κ1) is 12.1. The molecule has 0 radical (unpaired) electrons. The van der Waals surface area contributed by atoms with Gasteiger partial charge in [0.2, 0.25) is 0 Å². The van der Waals surface area contributed by atoms with Gasteiger partial charge in [-0.25, -0.2) is 0 Å². The van der Waals surface area contributed by atoms with E-state index in [1.54, 1.807) is 0 Å². The van der Waals surface area contributed by atoms with E-state index in [2.05, 4.69) is 35.5 Å². The molecule has 0 aliphatic rings. The first-order chi connectivity index (χ1) is 7.14. The van der Waals surface area contributed by atoms with Gasteiger partial charge in [0.25, 0.3) is 0 Å². The van der Waals surface area contributed by atoms with Gasteiger partial charge in [-0.2, -0.15) is 0 Å². The Hall–Kier alpha value is -0.930. The van der Waals surface area contributed by atoms with Crippen molar-refractivity contribution in [3.05, 3.63) is 30.1 Å². The zero-order valence-electron chi connectivity index (χ0n) is 9.88. The summed E-state index contributed by atoms with van der Waals surface area (Å²) in [5.74, 6) is 0. The highest BCUT2D eigenvalue weighted by molar-refractivity contribution is 5.03. The van der Waals surface area contributed by atoms with Crippen LogP contribution in [0.4, 0.5) is 0 Å². The second-order valence-electron chi connectivity index (χ2n) is 4.41. The van der Waals surface area contributed by atoms with Gasteiger partial charge >= 0.3 is 0 Å². The number of likely N-dealkylation sites (N-methyl/N-ethyl adjacent to an activating group) is 1. The SMILES string of the molecule is CNCC(C)(C)NCCc1ccccn1. The van der Waals surface area contributed by atoms with E-state index >= 15 is 0 Å². The summed E-state index contributed by atoms with van der Waals surface area (Å²) in [6.45, 7) is 6.32. The van der Waals surface area contributed by atoms with Crippen molar-refractivity contribution in [1.82, 2.24) is 15.6 Å². The second-order valence-corrected chi connectivity index (χ2v) is 4.41. The van der Waals surface area contributed by atoms with Crippen molar-refractivity contribution in [1.29, 1.82) is 0 Å². The molecular weight excluding hydrogens is 186 g/mol. The van der Waals surface area contributed by atoms with Crippen molar-refractivity contribution in [3.8, 4) is 0 Å². The first-order valence-corrected chi connectivity index (χ1v) is 5.43. The van der Waals surface area contributed by atoms with Crippen LogP contribution in [0.15, 0.2) is 24.4 Å². The van der Waals surface area contributed by atoms with E-state index in [9.17, 15) is 0 Å². The summed E-state index contributed by atoms with van der Waals surface area (Å²) in [6, 6.07) is 6.04. The van der Waals surface area contributed by atoms with Crippen molar-refractivity contribution >= 4 is 0 Å². The van der Waals surface area contributed by atoms with E-state index in [1.165, 1.54) is 0 Å². The monoisotopic (exact) mass is 207 g/mol. The molecule has 1 heterocycles. The molecule has 0 amide bonds. The van der Waals surface area contributed by atoms with Gasteiger partial charge in [-0.3, -0.25) is 4.98 Å². The van der Waals surface area contributed by atoms with Crippen LogP contribution in [-0.4, -0.2) is 30.7 Å². The molecule has 1 rings (SSSR count). The zero-order chi connectivity index (χ0) is 11.1. The third kappa shape index (κ3) is 4.91. The molecule has 0 saturated heterocycles. The smallest absolute Gasteiger partial charge is 0.0416 e. The van der Waals surface area contributed by atoms with E-state index in [0.717, 1.165) is 25.2 Å². The molecule has 0 bridgehead atoms. The molecule has 0 atom stereocenters. The fraction of sp³-hybridized carbons (Fsp3) is 0.583. The highest BCUT2D eigenvalue weighted by Gasteiger charge is 2.14. The lowest BCUT2D eigenvalue weighted by atomic mass is 10.1. The maximum absolute atomic E-state index is 4.29. The van der Waals surface area contributed by atoms with Crippen LogP contribution in [0.25, 0.3) is 0 Å². The van der Waals surface area contributed by atoms with Crippen molar-refractivity contribution in [2.75, 3.05) is 20.1 Å². The summed E-state index contributed by atoms with van der Waals surface area (Å²) in [6.07, 6.45) is 2.82. The minimum Gasteiger partial charge on any atom is -0.318 e. The van der Waals surface area contributed by atoms with Crippen molar-refractivity contribution in [2.45, 2.75) is 25.8 Å². The number of pyridine rings is 1. The Morgan fingerprint density at radius 3 is 2.73 bits per heavy atom. The third-order valence-corrected chi connectivity index (χ3v) is 2.33. The molecule has 0 saturated carbocycles. The molecule has 3 nitrogen and oxygen atoms in total. The minimum absolute atomic E-state index is 0.142. The molecule has 2 N–H and O–H groups in total. The minimum atomic E-state index is 0.142. The highest BCUT2D eigenvalue weighted by Crippen LogP contribution is 2.00. The third-order valence-electron chi connectivity index (χ3n) is 2.33. The van der Waals surface area contributed by atoms with Crippen LogP contribution in [0.1, 0.15) is 19.5 Å². The van der Waals surface area contributed by atoms with Crippen LogP contribution >= 0.6 is 0 Å². The lowest BCUT2D eigenvalue weighted by Crippen LogP contribution is -2.47. The summed E-state index contributed by atoms with van der Waals surface area (Å²) >= 11 is 0. The molecule has 0 unspecified atom stereocenters. The Morgan fingerprint density at radius 1 is 1.33 bits per heavy atom. The van der Waals surface area contributed by atoms with Gasteiger partial charge in [-0.15, -0.1) is 0 Å². The normalized spacial score (nSPS) is 11.7. The van der Waals surface area contributed by atoms with Crippen LogP contribution in [0.2, 0.25) is 0 Å². The Labute approximate surface area is 92.3 Å². The number of hydrogen-bond acceptors (Lipinski definition) is 3. The molecule has 0 aliphatic carbocycles. The van der Waals surface area contributed by atoms with Gasteiger partial charge in [-0.1, -0.05) is 6.07 Å². The molecule has 1 aromatic heterocycles. The van der Waals surface area contributed by atoms with Gasteiger partial charge in [0, 0.05) is 36.9 Å². The predicted molar refractivity (Wildman–Crippen MR) is 63.9 cm³/mol. The van der Waals surface area contributed by atoms with Gasteiger partial charge in [0.1, 0.15) is 0 Å². The fourth-order valence-corrected chi connectivity index (χ4v) is 1.58. The Bertz CT molecular complexity index is 269. The van der Waals surface area contributed by atoms with Crippen LogP contribution in [0.5, 0.6) is 0 Å². The van der Waals surface area contributed by atoms with E-state index in [4.69, 9.17) is 0 Å². The average Bonchev–Trinajstić information content (AvgIpc) is 2.19. The molecule has 15 heavy (non-hydrogen) atoms. The molecule has 0 spiro atoms. The van der Waals surface area contributed by atoms with Crippen LogP contribution in [0.3, 0.4) is 0 Å². The molecule has 0 aliphatic heterocycles. The van der Waals surface area contributed by atoms with Gasteiger partial charge in [0.15, 0.2) is 0 Å². The number of nitrogens with zero attached hydrogens (tertiary/aromatic N) is 1. The molecular formula is C12H21N3. The summed E-state index contributed by atoms with van der Waals surface area (Å²) in [4.78, 5) is 4.29. The van der Waals surface area contributed by atoms with Gasteiger partial charge < -0.3 is 10.6 Å². The van der Waals surface area contributed by atoms with Crippen LogP contribution < -0.4 is 10.6 Å². The fourth-order valence-electron chi connectivity index (χ4n) is 1.58. The van der Waals surface area contributed by atoms with Crippen molar-refractivity contribution in [2.24, 2.45) is 0 Å². The number of hydrogen-bond donors (Lipinski definition) is 2. The van der Waals surface area contributed by atoms with Crippen LogP contribution in [0, 0.1) is 0 Å². The number of nitrogens with one attached hydrogen (secondary N) is 2. The van der Waals surface area contributed by atoms with Crippen molar-refractivity contribution < 1.29 is 0 Å². The van der Waals surface area contributed by atoms with E-state index in [1.807, 2.05) is 25.4 Å². The Kier molecular flexibility index (Phi) is 4.72. The molecule has 1 aromatic rings. The maximum Gasteiger partial charge on any atom is 0.0416 e. The number of rotatable bonds is 6. The molecule has 0 aromatic carbocycles. The van der Waals surface area contributed by atoms with E-state index < -0.39 is 0 Å². The summed E-state index contributed by atoms with van der Waals surface area (Å²) in [5, 5.41) is 6.68. The average molecular weight is 207 g/mol. The Morgan fingerprint density at radius 2 is 2.13 bits per heavy atom. The molecule has 3 heteroatoms. The standard InChI is InChI=1S/C12H21N3/c1-12(2,10-13-3)15-9-7-11-6-4-5-8-14-11/h4-6,8,13,15H,7,9-10H2,1-3H3. The largest absolute Gasteiger partial charge is 0.318 e. The first-order valence-electron chi connectivity index (χ1n) is 5.43. The molecule has 84 valence electrons. The predicted octanol–water partition coefficient (Wildman–Crippen LogP) is 1.21. The van der Waals surface area contributed by atoms with Crippen molar-refractivity contribution in [3.63, 3.8) is 0 Å². The lowest BCUT2D eigenvalue weighted by Gasteiger charge is -2.25. The molecule has 0 fully saturated rings. The summed E-state index contributed by atoms with van der Waals surface area (Å²) in [7, 11) is 1.97. The van der Waals surface area contributed by atoms with E-state index in [0.29, 0.717) is 0 Å². The van der Waals surface area contributed by atoms with Gasteiger partial charge in [-0.05, 0) is 33.0 Å². The lowest BCUT2D eigenvalue weighted by molar-refractivity contribution is 0.378. The van der Waals surface area contributed by atoms with Crippen LogP contribution in [-0.2, 0) is 6.42 Å². The quantitative estimate of drug-likeness (QED) is 0.736. The zero-order valence-corrected chi connectivity index (χ0v) is 9.88. The topological polar surface area (TPSA) is 37.0 Å². The maximum atomic E-state index is 4.29. The summed E-state index contributed by atoms with van der Waals surface area (Å²) < 4.78 is 0. The van der Waals surface area contributed by atoms with Gasteiger partial charge in [0.05, 0.1) is 0 Å².